The van der Waals surface area contributed by atoms with Crippen molar-refractivity contribution in [1.29, 1.82) is 0 Å². The topological polar surface area (TPSA) is 87.7 Å². The lowest BCUT2D eigenvalue weighted by Crippen LogP contribution is -2.47. The van der Waals surface area contributed by atoms with Crippen LogP contribution in [0.5, 0.6) is 0 Å². The Morgan fingerprint density at radius 3 is 2.62 bits per heavy atom. The second-order valence-electron chi connectivity index (χ2n) is 3.94. The zero-order chi connectivity index (χ0) is 12.0. The molecular formula is C10H18N2O4. The van der Waals surface area contributed by atoms with E-state index in [1.807, 2.05) is 0 Å². The standard InChI is InChI=1S/C10H18N2O4/c1-16-8(5-9(13)14)6-11-10(15)12-7-3-2-4-7/h7-8H,2-6H2,1H3,(H,13,14)(H2,11,12,15). The first kappa shape index (κ1) is 12.8. The molecule has 0 aromatic carbocycles. The van der Waals surface area contributed by atoms with E-state index < -0.39 is 12.1 Å². The van der Waals surface area contributed by atoms with Crippen LogP contribution in [0.4, 0.5) is 4.79 Å². The molecule has 0 radical (unpaired) electrons. The van der Waals surface area contributed by atoms with Crippen molar-refractivity contribution in [2.75, 3.05) is 13.7 Å². The molecule has 6 heteroatoms. The Morgan fingerprint density at radius 2 is 2.19 bits per heavy atom. The Morgan fingerprint density at radius 1 is 1.50 bits per heavy atom. The summed E-state index contributed by atoms with van der Waals surface area (Å²) in [4.78, 5) is 21.8. The van der Waals surface area contributed by atoms with Crippen LogP contribution in [-0.2, 0) is 9.53 Å². The van der Waals surface area contributed by atoms with Gasteiger partial charge in [0.25, 0.3) is 0 Å². The van der Waals surface area contributed by atoms with Crippen LogP contribution in [0.25, 0.3) is 0 Å². The van der Waals surface area contributed by atoms with E-state index in [4.69, 9.17) is 9.84 Å². The van der Waals surface area contributed by atoms with Crippen molar-refractivity contribution in [3.05, 3.63) is 0 Å². The maximum absolute atomic E-state index is 11.3. The van der Waals surface area contributed by atoms with Gasteiger partial charge in [0.1, 0.15) is 0 Å². The first-order valence-corrected chi connectivity index (χ1v) is 5.40. The van der Waals surface area contributed by atoms with Crippen molar-refractivity contribution in [3.8, 4) is 0 Å². The molecular weight excluding hydrogens is 212 g/mol. The molecule has 1 atom stereocenters. The SMILES string of the molecule is COC(CNC(=O)NC1CCC1)CC(=O)O. The second-order valence-corrected chi connectivity index (χ2v) is 3.94. The average Bonchev–Trinajstić information content (AvgIpc) is 2.17. The van der Waals surface area contributed by atoms with Gasteiger partial charge in [0.2, 0.25) is 0 Å². The minimum absolute atomic E-state index is 0.111. The number of methoxy groups -OCH3 is 1. The van der Waals surface area contributed by atoms with Crippen LogP contribution in [0.1, 0.15) is 25.7 Å². The Labute approximate surface area is 94.3 Å². The Bertz CT molecular complexity index is 253. The lowest BCUT2D eigenvalue weighted by atomic mass is 9.93. The van der Waals surface area contributed by atoms with Gasteiger partial charge in [-0.3, -0.25) is 4.79 Å². The smallest absolute Gasteiger partial charge is 0.315 e. The Kier molecular flexibility index (Phi) is 5.04. The highest BCUT2D eigenvalue weighted by atomic mass is 16.5. The zero-order valence-electron chi connectivity index (χ0n) is 9.36. The van der Waals surface area contributed by atoms with Crippen molar-refractivity contribution >= 4 is 12.0 Å². The van der Waals surface area contributed by atoms with Gasteiger partial charge in [0, 0.05) is 19.7 Å². The van der Waals surface area contributed by atoms with E-state index in [-0.39, 0.29) is 25.0 Å². The highest BCUT2D eigenvalue weighted by molar-refractivity contribution is 5.74. The average molecular weight is 230 g/mol. The number of hydrogen-bond donors (Lipinski definition) is 3. The molecule has 1 rings (SSSR count). The molecule has 0 aromatic rings. The third kappa shape index (κ3) is 4.48. The van der Waals surface area contributed by atoms with Crippen molar-refractivity contribution in [3.63, 3.8) is 0 Å². The fraction of sp³-hybridized carbons (Fsp3) is 0.800. The number of hydrogen-bond acceptors (Lipinski definition) is 3. The van der Waals surface area contributed by atoms with Gasteiger partial charge >= 0.3 is 12.0 Å². The summed E-state index contributed by atoms with van der Waals surface area (Å²) in [5, 5.41) is 14.0. The molecule has 0 aromatic heterocycles. The van der Waals surface area contributed by atoms with Crippen LogP contribution in [0.3, 0.4) is 0 Å². The highest BCUT2D eigenvalue weighted by Gasteiger charge is 2.20. The molecule has 2 amide bonds. The summed E-state index contributed by atoms with van der Waals surface area (Å²) in [5.74, 6) is -0.937. The summed E-state index contributed by atoms with van der Waals surface area (Å²) in [6, 6.07) is 0.0256. The number of carbonyl (C=O) groups excluding carboxylic acids is 1. The molecule has 0 saturated heterocycles. The zero-order valence-corrected chi connectivity index (χ0v) is 9.36. The van der Waals surface area contributed by atoms with Crippen molar-refractivity contribution < 1.29 is 19.4 Å². The molecule has 1 aliphatic rings. The van der Waals surface area contributed by atoms with Gasteiger partial charge in [-0.15, -0.1) is 0 Å². The van der Waals surface area contributed by atoms with Crippen LogP contribution < -0.4 is 10.6 Å². The Balaban J connectivity index is 2.14. The van der Waals surface area contributed by atoms with Crippen LogP contribution >= 0.6 is 0 Å². The molecule has 1 fully saturated rings. The summed E-state index contributed by atoms with van der Waals surface area (Å²) in [5.41, 5.74) is 0. The van der Waals surface area contributed by atoms with E-state index >= 15 is 0 Å². The third-order valence-electron chi connectivity index (χ3n) is 2.67. The fourth-order valence-corrected chi connectivity index (χ4v) is 1.43. The predicted molar refractivity (Wildman–Crippen MR) is 57.2 cm³/mol. The number of ether oxygens (including phenoxy) is 1. The van der Waals surface area contributed by atoms with Gasteiger partial charge in [-0.2, -0.15) is 0 Å². The molecule has 1 aliphatic carbocycles. The molecule has 0 aliphatic heterocycles. The maximum atomic E-state index is 11.3. The van der Waals surface area contributed by atoms with E-state index in [2.05, 4.69) is 10.6 Å². The van der Waals surface area contributed by atoms with E-state index in [1.54, 1.807) is 0 Å². The van der Waals surface area contributed by atoms with Crippen molar-refractivity contribution in [1.82, 2.24) is 10.6 Å². The summed E-state index contributed by atoms with van der Waals surface area (Å²) < 4.78 is 4.93. The van der Waals surface area contributed by atoms with Gasteiger partial charge in [0.15, 0.2) is 0 Å². The van der Waals surface area contributed by atoms with Gasteiger partial charge in [-0.05, 0) is 19.3 Å². The van der Waals surface area contributed by atoms with Gasteiger partial charge in [-0.25, -0.2) is 4.79 Å². The highest BCUT2D eigenvalue weighted by Crippen LogP contribution is 2.17. The quantitative estimate of drug-likeness (QED) is 0.613. The van der Waals surface area contributed by atoms with Crippen molar-refractivity contribution in [2.45, 2.75) is 37.8 Å². The number of carboxylic acids is 1. The number of nitrogens with one attached hydrogen (secondary N) is 2. The third-order valence-corrected chi connectivity index (χ3v) is 2.67. The number of rotatable bonds is 6. The first-order valence-electron chi connectivity index (χ1n) is 5.40. The first-order chi connectivity index (χ1) is 7.61. The van der Waals surface area contributed by atoms with Crippen LogP contribution in [-0.4, -0.2) is 42.9 Å². The number of aliphatic carboxylic acids is 1. The van der Waals surface area contributed by atoms with E-state index in [0.717, 1.165) is 19.3 Å². The van der Waals surface area contributed by atoms with Gasteiger partial charge in [-0.1, -0.05) is 0 Å². The summed E-state index contributed by atoms with van der Waals surface area (Å²) in [6.45, 7) is 0.210. The minimum Gasteiger partial charge on any atom is -0.481 e. The normalized spacial score (nSPS) is 17.3. The molecule has 0 heterocycles. The molecule has 1 saturated carbocycles. The number of carboxylic acid groups (broad SMARTS) is 1. The van der Waals surface area contributed by atoms with E-state index in [0.29, 0.717) is 0 Å². The molecule has 3 N–H and O–H groups in total. The van der Waals surface area contributed by atoms with E-state index in [9.17, 15) is 9.59 Å². The van der Waals surface area contributed by atoms with E-state index in [1.165, 1.54) is 7.11 Å². The molecule has 0 spiro atoms. The lowest BCUT2D eigenvalue weighted by Gasteiger charge is -2.26. The molecule has 16 heavy (non-hydrogen) atoms. The summed E-state index contributed by atoms with van der Waals surface area (Å²) in [7, 11) is 1.43. The maximum Gasteiger partial charge on any atom is 0.315 e. The van der Waals surface area contributed by atoms with Crippen LogP contribution in [0.15, 0.2) is 0 Å². The number of carbonyl (C=O) groups is 2. The minimum atomic E-state index is -0.937. The monoisotopic (exact) mass is 230 g/mol. The lowest BCUT2D eigenvalue weighted by molar-refractivity contribution is -0.139. The van der Waals surface area contributed by atoms with Crippen LogP contribution in [0.2, 0.25) is 0 Å². The predicted octanol–water partition coefficient (Wildman–Crippen LogP) is 0.328. The van der Waals surface area contributed by atoms with Gasteiger partial charge < -0.3 is 20.5 Å². The second kappa shape index (κ2) is 6.32. The van der Waals surface area contributed by atoms with Crippen LogP contribution in [0, 0.1) is 0 Å². The molecule has 92 valence electrons. The molecule has 1 unspecified atom stereocenters. The molecule has 0 bridgehead atoms. The summed E-state index contributed by atoms with van der Waals surface area (Å²) >= 11 is 0. The summed E-state index contributed by atoms with van der Waals surface area (Å²) in [6.07, 6.45) is 2.61. The molecule has 6 nitrogen and oxygen atoms in total. The number of urea groups is 1. The fourth-order valence-electron chi connectivity index (χ4n) is 1.43. The van der Waals surface area contributed by atoms with Crippen molar-refractivity contribution in [2.24, 2.45) is 0 Å². The van der Waals surface area contributed by atoms with Gasteiger partial charge in [0.05, 0.1) is 12.5 Å². The number of amides is 2. The Hall–Kier alpha value is -1.30. The largest absolute Gasteiger partial charge is 0.481 e.